The normalized spacial score (nSPS) is 11.3. The molecule has 1 heterocycles. The molecule has 0 aromatic carbocycles. The van der Waals surface area contributed by atoms with E-state index in [1.807, 2.05) is 6.92 Å². The Morgan fingerprint density at radius 2 is 2.16 bits per heavy atom. The van der Waals surface area contributed by atoms with E-state index in [9.17, 15) is 8.78 Å². The maximum Gasteiger partial charge on any atom is 0.251 e. The van der Waals surface area contributed by atoms with Crippen LogP contribution in [0.3, 0.4) is 0 Å². The quantitative estimate of drug-likeness (QED) is 0.712. The summed E-state index contributed by atoms with van der Waals surface area (Å²) in [5.74, 6) is 0.674. The van der Waals surface area contributed by atoms with Gasteiger partial charge in [0.15, 0.2) is 0 Å². The highest BCUT2D eigenvalue weighted by molar-refractivity contribution is 5.30. The molecule has 1 rings (SSSR count). The van der Waals surface area contributed by atoms with Gasteiger partial charge in [0.2, 0.25) is 0 Å². The van der Waals surface area contributed by atoms with Crippen LogP contribution in [-0.4, -0.2) is 52.6 Å². The third kappa shape index (κ3) is 6.40. The van der Waals surface area contributed by atoms with Crippen LogP contribution >= 0.6 is 0 Å². The zero-order chi connectivity index (χ0) is 14.1. The standard InChI is InChI=1S/C12H20F2N4O/c1-2-3-15-12-7-16-10(6-17-12)8-18(4-5-19)9-11(13)14/h6-7,11,19H,2-5,8-9H2,1H3,(H,15,17). The smallest absolute Gasteiger partial charge is 0.251 e. The summed E-state index contributed by atoms with van der Waals surface area (Å²) in [5.41, 5.74) is 0.608. The number of aliphatic hydroxyl groups excluding tert-OH is 1. The van der Waals surface area contributed by atoms with E-state index in [2.05, 4.69) is 15.3 Å². The Kier molecular flexibility index (Phi) is 7.20. The minimum absolute atomic E-state index is 0.156. The summed E-state index contributed by atoms with van der Waals surface area (Å²) in [4.78, 5) is 9.78. The Morgan fingerprint density at radius 1 is 1.37 bits per heavy atom. The Morgan fingerprint density at radius 3 is 2.68 bits per heavy atom. The maximum atomic E-state index is 12.3. The summed E-state index contributed by atoms with van der Waals surface area (Å²) in [7, 11) is 0. The van der Waals surface area contributed by atoms with Crippen molar-refractivity contribution in [2.75, 3.05) is 31.6 Å². The zero-order valence-electron chi connectivity index (χ0n) is 11.0. The number of nitrogens with zero attached hydrogens (tertiary/aromatic N) is 3. The molecule has 0 atom stereocenters. The van der Waals surface area contributed by atoms with E-state index in [1.165, 1.54) is 4.90 Å². The zero-order valence-corrected chi connectivity index (χ0v) is 11.0. The molecule has 0 bridgehead atoms. The molecule has 0 radical (unpaired) electrons. The molecular formula is C12H20F2N4O. The average molecular weight is 274 g/mol. The van der Waals surface area contributed by atoms with E-state index in [0.29, 0.717) is 11.5 Å². The number of hydrogen-bond donors (Lipinski definition) is 2. The van der Waals surface area contributed by atoms with Crippen molar-refractivity contribution in [3.05, 3.63) is 18.1 Å². The van der Waals surface area contributed by atoms with Gasteiger partial charge in [-0.25, -0.2) is 13.8 Å². The molecule has 0 aliphatic carbocycles. The highest BCUT2D eigenvalue weighted by Gasteiger charge is 2.12. The van der Waals surface area contributed by atoms with E-state index < -0.39 is 6.43 Å². The summed E-state index contributed by atoms with van der Waals surface area (Å²) < 4.78 is 24.7. The SMILES string of the molecule is CCCNc1cnc(CN(CCO)CC(F)F)cn1. The summed E-state index contributed by atoms with van der Waals surface area (Å²) in [5, 5.41) is 11.9. The summed E-state index contributed by atoms with van der Waals surface area (Å²) >= 11 is 0. The van der Waals surface area contributed by atoms with E-state index in [4.69, 9.17) is 5.11 Å². The van der Waals surface area contributed by atoms with Crippen LogP contribution in [0.5, 0.6) is 0 Å². The number of halogens is 2. The van der Waals surface area contributed by atoms with Crippen molar-refractivity contribution in [1.29, 1.82) is 0 Å². The lowest BCUT2D eigenvalue weighted by molar-refractivity contribution is 0.0740. The lowest BCUT2D eigenvalue weighted by Gasteiger charge is -2.20. The molecular weight excluding hydrogens is 254 g/mol. The van der Waals surface area contributed by atoms with Crippen LogP contribution in [0.1, 0.15) is 19.0 Å². The summed E-state index contributed by atoms with van der Waals surface area (Å²) in [6, 6.07) is 0. The van der Waals surface area contributed by atoms with Crippen molar-refractivity contribution in [3.8, 4) is 0 Å². The first-order chi connectivity index (χ1) is 9.15. The summed E-state index contributed by atoms with van der Waals surface area (Å²) in [6.07, 6.45) is 1.71. The largest absolute Gasteiger partial charge is 0.395 e. The molecule has 5 nitrogen and oxygen atoms in total. The molecule has 0 fully saturated rings. The third-order valence-electron chi connectivity index (χ3n) is 2.46. The minimum atomic E-state index is -2.43. The molecule has 0 aliphatic heterocycles. The van der Waals surface area contributed by atoms with Gasteiger partial charge in [-0.05, 0) is 6.42 Å². The molecule has 0 saturated carbocycles. The molecule has 2 N–H and O–H groups in total. The number of hydrogen-bond acceptors (Lipinski definition) is 5. The van der Waals surface area contributed by atoms with E-state index in [0.717, 1.165) is 13.0 Å². The van der Waals surface area contributed by atoms with Gasteiger partial charge in [0, 0.05) is 19.6 Å². The molecule has 0 unspecified atom stereocenters. The molecule has 7 heteroatoms. The van der Waals surface area contributed by atoms with Crippen molar-refractivity contribution in [1.82, 2.24) is 14.9 Å². The first-order valence-corrected chi connectivity index (χ1v) is 6.31. The second-order valence-corrected chi connectivity index (χ2v) is 4.17. The number of alkyl halides is 2. The molecule has 1 aromatic rings. The van der Waals surface area contributed by atoms with Gasteiger partial charge >= 0.3 is 0 Å². The molecule has 19 heavy (non-hydrogen) atoms. The van der Waals surface area contributed by atoms with Crippen molar-refractivity contribution >= 4 is 5.82 Å². The van der Waals surface area contributed by atoms with Crippen molar-refractivity contribution in [3.63, 3.8) is 0 Å². The van der Waals surface area contributed by atoms with Gasteiger partial charge in [-0.2, -0.15) is 0 Å². The number of aromatic nitrogens is 2. The molecule has 108 valence electrons. The fourth-order valence-electron chi connectivity index (χ4n) is 1.58. The number of rotatable bonds is 9. The van der Waals surface area contributed by atoms with Gasteiger partial charge in [-0.15, -0.1) is 0 Å². The van der Waals surface area contributed by atoms with Crippen LogP contribution < -0.4 is 5.32 Å². The minimum Gasteiger partial charge on any atom is -0.395 e. The van der Waals surface area contributed by atoms with Crippen LogP contribution in [0.15, 0.2) is 12.4 Å². The highest BCUT2D eigenvalue weighted by atomic mass is 19.3. The van der Waals surface area contributed by atoms with Crippen LogP contribution in [0, 0.1) is 0 Å². The van der Waals surface area contributed by atoms with E-state index in [-0.39, 0.29) is 26.2 Å². The van der Waals surface area contributed by atoms with Crippen LogP contribution in [0.2, 0.25) is 0 Å². The van der Waals surface area contributed by atoms with Gasteiger partial charge in [0.1, 0.15) is 5.82 Å². The Bertz CT molecular complexity index is 348. The molecule has 0 amide bonds. The van der Waals surface area contributed by atoms with Crippen molar-refractivity contribution in [2.24, 2.45) is 0 Å². The van der Waals surface area contributed by atoms with Crippen LogP contribution in [0.4, 0.5) is 14.6 Å². The Balaban J connectivity index is 2.53. The first-order valence-electron chi connectivity index (χ1n) is 6.31. The maximum absolute atomic E-state index is 12.3. The van der Waals surface area contributed by atoms with Crippen LogP contribution in [0.25, 0.3) is 0 Å². The van der Waals surface area contributed by atoms with Gasteiger partial charge in [0.25, 0.3) is 6.43 Å². The number of nitrogens with one attached hydrogen (secondary N) is 1. The molecule has 0 aliphatic rings. The molecule has 0 spiro atoms. The van der Waals surface area contributed by atoms with Crippen molar-refractivity contribution < 1.29 is 13.9 Å². The lowest BCUT2D eigenvalue weighted by atomic mass is 10.3. The average Bonchev–Trinajstić information content (AvgIpc) is 2.37. The van der Waals surface area contributed by atoms with Crippen molar-refractivity contribution in [2.45, 2.75) is 26.3 Å². The van der Waals surface area contributed by atoms with Gasteiger partial charge in [-0.1, -0.05) is 6.92 Å². The summed E-state index contributed by atoms with van der Waals surface area (Å²) in [6.45, 7) is 2.78. The van der Waals surface area contributed by atoms with Gasteiger partial charge in [0.05, 0.1) is 31.2 Å². The first kappa shape index (κ1) is 15.7. The predicted molar refractivity (Wildman–Crippen MR) is 69.2 cm³/mol. The van der Waals surface area contributed by atoms with E-state index in [1.54, 1.807) is 12.4 Å². The monoisotopic (exact) mass is 274 g/mol. The Hall–Kier alpha value is -1.34. The van der Waals surface area contributed by atoms with E-state index >= 15 is 0 Å². The molecule has 0 saturated heterocycles. The second kappa shape index (κ2) is 8.71. The molecule has 1 aromatic heterocycles. The van der Waals surface area contributed by atoms with Gasteiger partial charge in [-0.3, -0.25) is 9.88 Å². The fourth-order valence-corrected chi connectivity index (χ4v) is 1.58. The lowest BCUT2D eigenvalue weighted by Crippen LogP contribution is -2.31. The topological polar surface area (TPSA) is 61.3 Å². The Labute approximate surface area is 111 Å². The second-order valence-electron chi connectivity index (χ2n) is 4.17. The van der Waals surface area contributed by atoms with Gasteiger partial charge < -0.3 is 10.4 Å². The number of anilines is 1. The highest BCUT2D eigenvalue weighted by Crippen LogP contribution is 2.06. The number of aliphatic hydroxyl groups is 1. The third-order valence-corrected chi connectivity index (χ3v) is 2.46. The fraction of sp³-hybridized carbons (Fsp3) is 0.667. The predicted octanol–water partition coefficient (Wildman–Crippen LogP) is 1.36. The van der Waals surface area contributed by atoms with Crippen LogP contribution in [-0.2, 0) is 6.54 Å².